The van der Waals surface area contributed by atoms with Crippen molar-refractivity contribution in [3.05, 3.63) is 48.6 Å². The molecule has 2 rings (SSSR count). The fourth-order valence-electron chi connectivity index (χ4n) is 1.94. The normalized spacial score (nSPS) is 17.1. The van der Waals surface area contributed by atoms with Crippen LogP contribution in [0.2, 0.25) is 0 Å². The van der Waals surface area contributed by atoms with E-state index in [0.717, 1.165) is 24.0 Å². The number of aromatic hydroxyl groups is 2. The van der Waals surface area contributed by atoms with E-state index in [9.17, 15) is 10.2 Å². The van der Waals surface area contributed by atoms with E-state index in [1.165, 1.54) is 6.07 Å². The molecule has 1 saturated carbocycles. The Kier molecular flexibility index (Phi) is 2.07. The maximum Gasteiger partial charge on any atom is 0.157 e. The molecule has 1 aliphatic rings. The van der Waals surface area contributed by atoms with Crippen LogP contribution in [0.3, 0.4) is 0 Å². The van der Waals surface area contributed by atoms with E-state index >= 15 is 0 Å². The second-order valence-corrected chi connectivity index (χ2v) is 4.01. The van der Waals surface area contributed by atoms with E-state index in [2.05, 4.69) is 13.2 Å². The summed E-state index contributed by atoms with van der Waals surface area (Å²) in [5.41, 5.74) is 1.93. The van der Waals surface area contributed by atoms with Crippen LogP contribution < -0.4 is 0 Å². The third-order valence-corrected chi connectivity index (χ3v) is 3.14. The molecule has 15 heavy (non-hydrogen) atoms. The minimum atomic E-state index is -0.0845. The van der Waals surface area contributed by atoms with Crippen LogP contribution in [0, 0.1) is 0 Å². The van der Waals surface area contributed by atoms with Crippen molar-refractivity contribution in [3.63, 3.8) is 0 Å². The molecule has 1 fully saturated rings. The van der Waals surface area contributed by atoms with Gasteiger partial charge in [0.2, 0.25) is 0 Å². The Hall–Kier alpha value is -1.70. The zero-order chi connectivity index (χ0) is 11.1. The molecule has 0 aromatic heterocycles. The summed E-state index contributed by atoms with van der Waals surface area (Å²) < 4.78 is 0. The fourth-order valence-corrected chi connectivity index (χ4v) is 1.94. The number of hydrogen-bond donors (Lipinski definition) is 2. The largest absolute Gasteiger partial charge is 0.504 e. The minimum Gasteiger partial charge on any atom is -0.504 e. The highest BCUT2D eigenvalue weighted by Gasteiger charge is 2.45. The Morgan fingerprint density at radius 1 is 1.27 bits per heavy atom. The van der Waals surface area contributed by atoms with Crippen LogP contribution in [0.5, 0.6) is 11.5 Å². The number of rotatable bonds is 3. The lowest BCUT2D eigenvalue weighted by atomic mass is 9.88. The van der Waals surface area contributed by atoms with Crippen molar-refractivity contribution >= 4 is 0 Å². The molecule has 78 valence electrons. The second-order valence-electron chi connectivity index (χ2n) is 4.01. The Balaban J connectivity index is 2.42. The maximum atomic E-state index is 9.44. The third kappa shape index (κ3) is 1.42. The van der Waals surface area contributed by atoms with Crippen LogP contribution in [-0.2, 0) is 5.41 Å². The predicted molar refractivity (Wildman–Crippen MR) is 60.0 cm³/mol. The average Bonchev–Trinajstić information content (AvgIpc) is 3.02. The molecule has 0 heterocycles. The molecule has 1 aliphatic carbocycles. The average molecular weight is 202 g/mol. The topological polar surface area (TPSA) is 40.5 Å². The molecule has 0 atom stereocenters. The summed E-state index contributed by atoms with van der Waals surface area (Å²) in [5.74, 6) is -0.158. The predicted octanol–water partition coefficient (Wildman–Crippen LogP) is 2.87. The van der Waals surface area contributed by atoms with Gasteiger partial charge in [-0.3, -0.25) is 0 Å². The summed E-state index contributed by atoms with van der Waals surface area (Å²) in [7, 11) is 0. The van der Waals surface area contributed by atoms with Gasteiger partial charge in [-0.25, -0.2) is 0 Å². The SMILES string of the molecule is C=CC(=C)C1(c2ccc(O)c(O)c2)CC1. The van der Waals surface area contributed by atoms with Gasteiger partial charge in [-0.2, -0.15) is 0 Å². The standard InChI is InChI=1S/C13H14O2/c1-3-9(2)13(6-7-13)10-4-5-11(14)12(15)8-10/h3-5,8,14-15H,1-2,6-7H2. The van der Waals surface area contributed by atoms with Crippen molar-refractivity contribution in [1.29, 1.82) is 0 Å². The number of hydrogen-bond acceptors (Lipinski definition) is 2. The van der Waals surface area contributed by atoms with Crippen LogP contribution in [0.1, 0.15) is 18.4 Å². The molecule has 0 amide bonds. The molecule has 1 aromatic rings. The molecule has 0 aliphatic heterocycles. The van der Waals surface area contributed by atoms with Crippen LogP contribution in [0.25, 0.3) is 0 Å². The highest BCUT2D eigenvalue weighted by molar-refractivity contribution is 5.51. The van der Waals surface area contributed by atoms with Gasteiger partial charge in [0.05, 0.1) is 0 Å². The number of phenolic OH excluding ortho intramolecular Hbond substituents is 2. The first kappa shape index (κ1) is 9.84. The Bertz CT molecular complexity index is 428. The lowest BCUT2D eigenvalue weighted by molar-refractivity contribution is 0.403. The van der Waals surface area contributed by atoms with Gasteiger partial charge in [0.1, 0.15) is 0 Å². The molecule has 1 aromatic carbocycles. The smallest absolute Gasteiger partial charge is 0.157 e. The van der Waals surface area contributed by atoms with Gasteiger partial charge in [0.15, 0.2) is 11.5 Å². The molecular formula is C13H14O2. The van der Waals surface area contributed by atoms with Crippen molar-refractivity contribution < 1.29 is 10.2 Å². The van der Waals surface area contributed by atoms with Crippen molar-refractivity contribution in [3.8, 4) is 11.5 Å². The summed E-state index contributed by atoms with van der Waals surface area (Å²) in [6.45, 7) is 7.69. The first-order valence-electron chi connectivity index (χ1n) is 4.94. The molecule has 2 nitrogen and oxygen atoms in total. The van der Waals surface area contributed by atoms with Crippen molar-refractivity contribution in [2.24, 2.45) is 0 Å². The van der Waals surface area contributed by atoms with Gasteiger partial charge in [-0.05, 0) is 36.1 Å². The van der Waals surface area contributed by atoms with Crippen LogP contribution in [0.15, 0.2) is 43.0 Å². The molecule has 0 radical (unpaired) electrons. The lowest BCUT2D eigenvalue weighted by Crippen LogP contribution is -2.07. The van der Waals surface area contributed by atoms with Gasteiger partial charge < -0.3 is 10.2 Å². The zero-order valence-electron chi connectivity index (χ0n) is 8.53. The van der Waals surface area contributed by atoms with E-state index in [1.807, 2.05) is 6.07 Å². The van der Waals surface area contributed by atoms with Gasteiger partial charge in [0, 0.05) is 5.41 Å². The fraction of sp³-hybridized carbons (Fsp3) is 0.231. The van der Waals surface area contributed by atoms with Crippen LogP contribution in [0.4, 0.5) is 0 Å². The third-order valence-electron chi connectivity index (χ3n) is 3.14. The Labute approximate surface area is 89.2 Å². The number of allylic oxidation sites excluding steroid dienone is 2. The second kappa shape index (κ2) is 3.16. The van der Waals surface area contributed by atoms with Crippen molar-refractivity contribution in [1.82, 2.24) is 0 Å². The molecule has 0 bridgehead atoms. The number of benzene rings is 1. The Morgan fingerprint density at radius 3 is 2.40 bits per heavy atom. The van der Waals surface area contributed by atoms with Crippen LogP contribution >= 0.6 is 0 Å². The van der Waals surface area contributed by atoms with E-state index in [4.69, 9.17) is 0 Å². The highest BCUT2D eigenvalue weighted by Crippen LogP contribution is 2.54. The number of phenols is 2. The summed E-state index contributed by atoms with van der Waals surface area (Å²) >= 11 is 0. The summed E-state index contributed by atoms with van der Waals surface area (Å²) in [6.07, 6.45) is 3.82. The molecule has 2 heteroatoms. The quantitative estimate of drug-likeness (QED) is 0.584. The van der Waals surface area contributed by atoms with Crippen LogP contribution in [-0.4, -0.2) is 10.2 Å². The lowest BCUT2D eigenvalue weighted by Gasteiger charge is -2.16. The Morgan fingerprint density at radius 2 is 1.93 bits per heavy atom. The van der Waals surface area contributed by atoms with Gasteiger partial charge in [-0.1, -0.05) is 25.3 Å². The summed E-state index contributed by atoms with van der Waals surface area (Å²) in [4.78, 5) is 0. The highest BCUT2D eigenvalue weighted by atomic mass is 16.3. The summed E-state index contributed by atoms with van der Waals surface area (Å²) in [5, 5.41) is 18.7. The molecule has 0 spiro atoms. The van der Waals surface area contributed by atoms with E-state index in [-0.39, 0.29) is 16.9 Å². The summed E-state index contributed by atoms with van der Waals surface area (Å²) in [6, 6.07) is 4.95. The maximum absolute atomic E-state index is 9.44. The molecular weight excluding hydrogens is 188 g/mol. The van der Waals surface area contributed by atoms with Crippen molar-refractivity contribution in [2.45, 2.75) is 18.3 Å². The first-order valence-corrected chi connectivity index (χ1v) is 4.94. The monoisotopic (exact) mass is 202 g/mol. The van der Waals surface area contributed by atoms with E-state index in [0.29, 0.717) is 0 Å². The molecule has 0 unspecified atom stereocenters. The first-order chi connectivity index (χ1) is 7.10. The van der Waals surface area contributed by atoms with Gasteiger partial charge >= 0.3 is 0 Å². The van der Waals surface area contributed by atoms with E-state index in [1.54, 1.807) is 12.1 Å². The molecule has 0 saturated heterocycles. The van der Waals surface area contributed by atoms with Gasteiger partial charge in [-0.15, -0.1) is 0 Å². The van der Waals surface area contributed by atoms with Crippen molar-refractivity contribution in [2.75, 3.05) is 0 Å². The minimum absolute atomic E-state index is 0.0487. The van der Waals surface area contributed by atoms with E-state index < -0.39 is 0 Å². The van der Waals surface area contributed by atoms with Gasteiger partial charge in [0.25, 0.3) is 0 Å². The molecule has 2 N–H and O–H groups in total. The zero-order valence-corrected chi connectivity index (χ0v) is 8.53.